The molecule has 2 amide bonds. The van der Waals surface area contributed by atoms with Gasteiger partial charge in [-0.15, -0.1) is 0 Å². The molecule has 242 valence electrons. The van der Waals surface area contributed by atoms with E-state index in [0.29, 0.717) is 17.9 Å². The monoisotopic (exact) mass is 635 g/mol. The van der Waals surface area contributed by atoms with E-state index in [1.807, 2.05) is 45.0 Å². The van der Waals surface area contributed by atoms with E-state index in [1.54, 1.807) is 24.3 Å². The Hall–Kier alpha value is -4.05. The second-order valence-electron chi connectivity index (χ2n) is 11.6. The summed E-state index contributed by atoms with van der Waals surface area (Å²) in [6.45, 7) is 5.41. The molecular weight excluding hydrogens is 590 g/mol. The molecule has 45 heavy (non-hydrogen) atoms. The maximum atomic E-state index is 14.4. The van der Waals surface area contributed by atoms with Crippen molar-refractivity contribution in [2.45, 2.75) is 82.8 Å². The lowest BCUT2D eigenvalue weighted by molar-refractivity contribution is -0.140. The number of benzene rings is 3. The molecule has 1 saturated carbocycles. The summed E-state index contributed by atoms with van der Waals surface area (Å²) < 4.78 is 40.3. The number of nitrogens with one attached hydrogen (secondary N) is 1. The average Bonchev–Trinajstić information content (AvgIpc) is 3.04. The van der Waals surface area contributed by atoms with Gasteiger partial charge >= 0.3 is 0 Å². The fourth-order valence-electron chi connectivity index (χ4n) is 5.81. The highest BCUT2D eigenvalue weighted by Crippen LogP contribution is 2.32. The summed E-state index contributed by atoms with van der Waals surface area (Å²) in [4.78, 5) is 29.6. The molecule has 0 aliphatic heterocycles. The molecule has 0 unspecified atom stereocenters. The summed E-state index contributed by atoms with van der Waals surface area (Å²) in [5, 5.41) is 3.18. The third-order valence-electron chi connectivity index (χ3n) is 8.32. The molecule has 0 saturated heterocycles. The van der Waals surface area contributed by atoms with Crippen LogP contribution in [0.15, 0.2) is 71.6 Å². The van der Waals surface area contributed by atoms with E-state index in [0.717, 1.165) is 53.1 Å². The van der Waals surface area contributed by atoms with Crippen LogP contribution in [0.5, 0.6) is 11.5 Å². The number of carbonyl (C=O) groups excluding carboxylic acids is 2. The van der Waals surface area contributed by atoms with Gasteiger partial charge in [-0.25, -0.2) is 8.42 Å². The summed E-state index contributed by atoms with van der Waals surface area (Å²) in [7, 11) is -1.35. The molecule has 0 spiro atoms. The van der Waals surface area contributed by atoms with Crippen molar-refractivity contribution in [3.63, 3.8) is 0 Å². The van der Waals surface area contributed by atoms with Crippen molar-refractivity contribution in [1.29, 1.82) is 0 Å². The number of aryl methyl sites for hydroxylation is 2. The Kier molecular flexibility index (Phi) is 11.5. The van der Waals surface area contributed by atoms with Crippen LogP contribution in [-0.4, -0.2) is 58.0 Å². The predicted molar refractivity (Wildman–Crippen MR) is 176 cm³/mol. The molecule has 4 rings (SSSR count). The zero-order chi connectivity index (χ0) is 32.6. The van der Waals surface area contributed by atoms with Crippen molar-refractivity contribution in [1.82, 2.24) is 10.2 Å². The molecule has 1 atom stereocenters. The van der Waals surface area contributed by atoms with Crippen LogP contribution in [0, 0.1) is 13.8 Å². The van der Waals surface area contributed by atoms with E-state index in [1.165, 1.54) is 37.3 Å². The maximum Gasteiger partial charge on any atom is 0.264 e. The minimum absolute atomic E-state index is 0.0548. The van der Waals surface area contributed by atoms with Gasteiger partial charge in [0.2, 0.25) is 11.8 Å². The fraction of sp³-hybridized carbons (Fsp3) is 0.429. The number of methoxy groups -OCH3 is 2. The second-order valence-corrected chi connectivity index (χ2v) is 13.5. The normalized spacial score (nSPS) is 14.3. The Labute approximate surface area is 267 Å². The minimum atomic E-state index is -4.26. The van der Waals surface area contributed by atoms with E-state index >= 15 is 0 Å². The zero-order valence-electron chi connectivity index (χ0n) is 26.9. The lowest BCUT2D eigenvalue weighted by atomic mass is 9.95. The molecule has 3 aromatic carbocycles. The number of sulfonamides is 1. The number of hydrogen-bond donors (Lipinski definition) is 1. The van der Waals surface area contributed by atoms with Crippen molar-refractivity contribution in [3.8, 4) is 11.5 Å². The van der Waals surface area contributed by atoms with Gasteiger partial charge in [0.1, 0.15) is 12.6 Å². The molecule has 0 heterocycles. The SMILES string of the molecule is CC[C@H](C(=O)NC1CCCCC1)N(Cc1cccc(C)c1)C(=O)CN(c1ccc(C)cc1)S(=O)(=O)c1ccc(OC)c(OC)c1. The van der Waals surface area contributed by atoms with Crippen molar-refractivity contribution in [3.05, 3.63) is 83.4 Å². The van der Waals surface area contributed by atoms with Gasteiger partial charge in [-0.05, 0) is 62.9 Å². The van der Waals surface area contributed by atoms with Gasteiger partial charge in [0.05, 0.1) is 24.8 Å². The van der Waals surface area contributed by atoms with Gasteiger partial charge in [0.25, 0.3) is 10.0 Å². The number of nitrogens with zero attached hydrogens (tertiary/aromatic N) is 2. The number of anilines is 1. The molecule has 0 bridgehead atoms. The van der Waals surface area contributed by atoms with E-state index < -0.39 is 28.5 Å². The Morgan fingerprint density at radius 3 is 2.20 bits per heavy atom. The summed E-state index contributed by atoms with van der Waals surface area (Å²) in [6, 6.07) is 18.4. The van der Waals surface area contributed by atoms with Crippen molar-refractivity contribution in [2.24, 2.45) is 0 Å². The van der Waals surface area contributed by atoms with Gasteiger partial charge in [0, 0.05) is 18.7 Å². The van der Waals surface area contributed by atoms with Crippen LogP contribution in [0.1, 0.15) is 62.1 Å². The highest BCUT2D eigenvalue weighted by molar-refractivity contribution is 7.92. The van der Waals surface area contributed by atoms with Crippen LogP contribution in [0.3, 0.4) is 0 Å². The molecule has 3 aromatic rings. The van der Waals surface area contributed by atoms with Crippen LogP contribution in [0.2, 0.25) is 0 Å². The third kappa shape index (κ3) is 8.36. The average molecular weight is 636 g/mol. The minimum Gasteiger partial charge on any atom is -0.493 e. The zero-order valence-corrected chi connectivity index (χ0v) is 27.7. The first kappa shape index (κ1) is 33.8. The topological polar surface area (TPSA) is 105 Å². The van der Waals surface area contributed by atoms with Crippen LogP contribution in [-0.2, 0) is 26.2 Å². The Bertz CT molecular complexity index is 1570. The standard InChI is InChI=1S/C35H45N3O6S/c1-6-31(35(40)36-28-13-8-7-9-14-28)37(23-27-12-10-11-26(3)21-27)34(39)24-38(29-17-15-25(2)16-18-29)45(41,42)30-19-20-32(43-4)33(22-30)44-5/h10-12,15-22,28,31H,6-9,13-14,23-24H2,1-5H3,(H,36,40)/t31-/m1/s1. The van der Waals surface area contributed by atoms with Gasteiger partial charge < -0.3 is 19.7 Å². The highest BCUT2D eigenvalue weighted by Gasteiger charge is 2.35. The van der Waals surface area contributed by atoms with Gasteiger partial charge in [-0.2, -0.15) is 0 Å². The lowest BCUT2D eigenvalue weighted by Crippen LogP contribution is -2.54. The number of amides is 2. The van der Waals surface area contributed by atoms with E-state index in [2.05, 4.69) is 5.32 Å². The van der Waals surface area contributed by atoms with Crippen molar-refractivity contribution >= 4 is 27.5 Å². The fourth-order valence-corrected chi connectivity index (χ4v) is 7.25. The smallest absolute Gasteiger partial charge is 0.264 e. The van der Waals surface area contributed by atoms with Crippen LogP contribution in [0.4, 0.5) is 5.69 Å². The largest absolute Gasteiger partial charge is 0.493 e. The van der Waals surface area contributed by atoms with E-state index in [4.69, 9.17) is 9.47 Å². The molecule has 0 aromatic heterocycles. The number of rotatable bonds is 13. The van der Waals surface area contributed by atoms with Gasteiger partial charge in [-0.1, -0.05) is 73.7 Å². The van der Waals surface area contributed by atoms with Crippen molar-refractivity contribution in [2.75, 3.05) is 25.1 Å². The van der Waals surface area contributed by atoms with Crippen molar-refractivity contribution < 1.29 is 27.5 Å². The number of ether oxygens (including phenoxy) is 2. The first-order valence-corrected chi connectivity index (χ1v) is 17.0. The van der Waals surface area contributed by atoms with E-state index in [-0.39, 0.29) is 29.1 Å². The highest BCUT2D eigenvalue weighted by atomic mass is 32.2. The molecule has 1 fully saturated rings. The Balaban J connectivity index is 1.73. The molecule has 1 aliphatic carbocycles. The first-order chi connectivity index (χ1) is 21.6. The molecule has 10 heteroatoms. The molecule has 1 N–H and O–H groups in total. The summed E-state index contributed by atoms with van der Waals surface area (Å²) >= 11 is 0. The number of carbonyl (C=O) groups is 2. The van der Waals surface area contributed by atoms with Crippen LogP contribution < -0.4 is 19.1 Å². The molecule has 0 radical (unpaired) electrons. The summed E-state index contributed by atoms with van der Waals surface area (Å²) in [6.07, 6.45) is 5.49. The molecule has 9 nitrogen and oxygen atoms in total. The third-order valence-corrected chi connectivity index (χ3v) is 10.1. The summed E-state index contributed by atoms with van der Waals surface area (Å²) in [5.41, 5.74) is 3.16. The molecule has 1 aliphatic rings. The number of hydrogen-bond acceptors (Lipinski definition) is 6. The molecular formula is C35H45N3O6S. The second kappa shape index (κ2) is 15.3. The van der Waals surface area contributed by atoms with Gasteiger partial charge in [0.15, 0.2) is 11.5 Å². The Morgan fingerprint density at radius 2 is 1.58 bits per heavy atom. The predicted octanol–water partition coefficient (Wildman–Crippen LogP) is 5.77. The Morgan fingerprint density at radius 1 is 0.889 bits per heavy atom. The van der Waals surface area contributed by atoms with Crippen LogP contribution in [0.25, 0.3) is 0 Å². The summed E-state index contributed by atoms with van der Waals surface area (Å²) in [5.74, 6) is -0.0596. The lowest BCUT2D eigenvalue weighted by Gasteiger charge is -2.34. The van der Waals surface area contributed by atoms with Gasteiger partial charge in [-0.3, -0.25) is 13.9 Å². The first-order valence-electron chi connectivity index (χ1n) is 15.5. The maximum absolute atomic E-state index is 14.4. The van der Waals surface area contributed by atoms with Crippen LogP contribution >= 0.6 is 0 Å². The quantitative estimate of drug-likeness (QED) is 0.256. The van der Waals surface area contributed by atoms with E-state index in [9.17, 15) is 18.0 Å².